The van der Waals surface area contributed by atoms with Gasteiger partial charge in [0.15, 0.2) is 5.16 Å². The van der Waals surface area contributed by atoms with Crippen LogP contribution in [0.25, 0.3) is 0 Å². The minimum Gasteiger partial charge on any atom is -0.333 e. The summed E-state index contributed by atoms with van der Waals surface area (Å²) in [5.74, 6) is -0.458. The van der Waals surface area contributed by atoms with Crippen molar-refractivity contribution < 1.29 is 18.0 Å². The van der Waals surface area contributed by atoms with Crippen LogP contribution in [0.1, 0.15) is 27.2 Å². The first-order valence-corrected chi connectivity index (χ1v) is 7.52. The molecule has 2 heterocycles. The Morgan fingerprint density at radius 2 is 2.05 bits per heavy atom. The first-order chi connectivity index (χ1) is 9.58. The number of hydrogen-bond donors (Lipinski definition) is 0. The second-order valence-electron chi connectivity index (χ2n) is 6.02. The van der Waals surface area contributed by atoms with Gasteiger partial charge in [-0.3, -0.25) is 4.79 Å². The van der Waals surface area contributed by atoms with Crippen LogP contribution in [0, 0.1) is 0 Å². The van der Waals surface area contributed by atoms with Gasteiger partial charge in [-0.15, -0.1) is 0 Å². The molecule has 0 radical (unpaired) electrons. The summed E-state index contributed by atoms with van der Waals surface area (Å²) in [6, 6.07) is 0. The van der Waals surface area contributed by atoms with E-state index in [2.05, 4.69) is 4.98 Å². The molecule has 1 aromatic heterocycles. The second-order valence-corrected chi connectivity index (χ2v) is 7.19. The summed E-state index contributed by atoms with van der Waals surface area (Å²) in [7, 11) is 0. The molecule has 1 amide bonds. The normalized spacial score (nSPS) is 20.4. The van der Waals surface area contributed by atoms with Crippen molar-refractivity contribution in [3.8, 4) is 0 Å². The number of thioether (sulfide) groups is 1. The highest BCUT2D eigenvalue weighted by Crippen LogP contribution is 2.33. The maximum Gasteiger partial charge on any atom is 0.406 e. The van der Waals surface area contributed by atoms with Crippen molar-refractivity contribution in [3.63, 3.8) is 0 Å². The molecule has 4 nitrogen and oxygen atoms in total. The Morgan fingerprint density at radius 3 is 2.62 bits per heavy atom. The van der Waals surface area contributed by atoms with Crippen molar-refractivity contribution in [1.82, 2.24) is 14.5 Å². The van der Waals surface area contributed by atoms with Crippen LogP contribution in [-0.2, 0) is 10.3 Å². The number of halogens is 3. The van der Waals surface area contributed by atoms with Crippen LogP contribution < -0.4 is 0 Å². The van der Waals surface area contributed by atoms with E-state index < -0.39 is 23.9 Å². The topological polar surface area (TPSA) is 38.1 Å². The summed E-state index contributed by atoms with van der Waals surface area (Å²) >= 11 is 1.24. The summed E-state index contributed by atoms with van der Waals surface area (Å²) in [4.78, 5) is 17.1. The summed E-state index contributed by atoms with van der Waals surface area (Å²) in [5, 5.41) is 0.172. The number of carbonyl (C=O) groups excluding carboxylic acids is 1. The lowest BCUT2D eigenvalue weighted by Crippen LogP contribution is -2.36. The fourth-order valence-electron chi connectivity index (χ4n) is 2.21. The van der Waals surface area contributed by atoms with Crippen molar-refractivity contribution >= 4 is 17.7 Å². The van der Waals surface area contributed by atoms with Crippen LogP contribution in [0.3, 0.4) is 0 Å². The van der Waals surface area contributed by atoms with E-state index in [0.29, 0.717) is 11.6 Å². The monoisotopic (exact) mass is 321 g/mol. The standard InChI is InChI=1S/C13H18F3N3OS/c1-12(2,3)19-7-5-17-11(19)21-9-4-6-18(10(9)20)8-13(14,15)16/h5,7,9H,4,6,8H2,1-3H3/t9-/m0/s1. The molecule has 1 fully saturated rings. The average Bonchev–Trinajstić information content (AvgIpc) is 2.88. The Balaban J connectivity index is 2.06. The highest BCUT2D eigenvalue weighted by Gasteiger charge is 2.40. The molecular formula is C13H18F3N3OS. The Labute approximate surface area is 125 Å². The molecule has 1 aromatic rings. The van der Waals surface area contributed by atoms with Crippen molar-refractivity contribution in [1.29, 1.82) is 0 Å². The molecule has 0 saturated carbocycles. The lowest BCUT2D eigenvalue weighted by Gasteiger charge is -2.23. The third-order valence-corrected chi connectivity index (χ3v) is 4.43. The smallest absolute Gasteiger partial charge is 0.333 e. The average molecular weight is 321 g/mol. The number of carbonyl (C=O) groups is 1. The molecule has 0 unspecified atom stereocenters. The summed E-state index contributed by atoms with van der Waals surface area (Å²) in [5.41, 5.74) is -0.188. The minimum absolute atomic E-state index is 0.145. The van der Waals surface area contributed by atoms with E-state index in [-0.39, 0.29) is 12.1 Å². The van der Waals surface area contributed by atoms with Gasteiger partial charge in [-0.1, -0.05) is 11.8 Å². The second kappa shape index (κ2) is 5.55. The zero-order chi connectivity index (χ0) is 15.8. The van der Waals surface area contributed by atoms with Gasteiger partial charge >= 0.3 is 6.18 Å². The molecule has 0 aliphatic carbocycles. The number of amides is 1. The molecule has 1 aliphatic heterocycles. The number of imidazole rings is 1. The quantitative estimate of drug-likeness (QED) is 0.859. The van der Waals surface area contributed by atoms with Gasteiger partial charge in [-0.05, 0) is 27.2 Å². The van der Waals surface area contributed by atoms with Crippen LogP contribution in [0.5, 0.6) is 0 Å². The van der Waals surface area contributed by atoms with Gasteiger partial charge in [0.05, 0.1) is 5.25 Å². The minimum atomic E-state index is -4.35. The Kier molecular flexibility index (Phi) is 4.28. The Bertz CT molecular complexity index is 521. The number of aromatic nitrogens is 2. The maximum atomic E-state index is 12.4. The molecule has 21 heavy (non-hydrogen) atoms. The fraction of sp³-hybridized carbons (Fsp3) is 0.692. The van der Waals surface area contributed by atoms with E-state index in [9.17, 15) is 18.0 Å². The zero-order valence-electron chi connectivity index (χ0n) is 12.1. The van der Waals surface area contributed by atoms with Gasteiger partial charge in [0, 0.05) is 24.5 Å². The van der Waals surface area contributed by atoms with Gasteiger partial charge in [-0.25, -0.2) is 4.98 Å². The van der Waals surface area contributed by atoms with Crippen LogP contribution in [0.15, 0.2) is 17.6 Å². The summed E-state index contributed by atoms with van der Waals surface area (Å²) < 4.78 is 39.1. The van der Waals surface area contributed by atoms with E-state index in [1.54, 1.807) is 6.20 Å². The predicted octanol–water partition coefficient (Wildman–Crippen LogP) is 2.89. The van der Waals surface area contributed by atoms with Gasteiger partial charge in [0.1, 0.15) is 6.54 Å². The summed E-state index contributed by atoms with van der Waals surface area (Å²) in [6.45, 7) is 4.99. The van der Waals surface area contributed by atoms with E-state index >= 15 is 0 Å². The zero-order valence-corrected chi connectivity index (χ0v) is 13.0. The number of hydrogen-bond acceptors (Lipinski definition) is 3. The SMILES string of the molecule is CC(C)(C)n1ccnc1S[C@H]1CCN(CC(F)(F)F)C1=O. The lowest BCUT2D eigenvalue weighted by atomic mass is 10.1. The van der Waals surface area contributed by atoms with Crippen molar-refractivity contribution in [2.75, 3.05) is 13.1 Å². The number of nitrogens with zero attached hydrogens (tertiary/aromatic N) is 3. The molecule has 0 N–H and O–H groups in total. The number of rotatable bonds is 3. The highest BCUT2D eigenvalue weighted by molar-refractivity contribution is 8.00. The van der Waals surface area contributed by atoms with Crippen LogP contribution in [0.2, 0.25) is 0 Å². The molecule has 0 aromatic carbocycles. The molecular weight excluding hydrogens is 303 g/mol. The molecule has 0 bridgehead atoms. The third-order valence-electron chi connectivity index (χ3n) is 3.20. The Hall–Kier alpha value is -1.18. The van der Waals surface area contributed by atoms with Crippen molar-refractivity contribution in [2.45, 2.75) is 49.3 Å². The van der Waals surface area contributed by atoms with Crippen LogP contribution >= 0.6 is 11.8 Å². The number of likely N-dealkylation sites (tertiary alicyclic amines) is 1. The first kappa shape index (κ1) is 16.2. The van der Waals surface area contributed by atoms with Gasteiger partial charge < -0.3 is 9.47 Å². The van der Waals surface area contributed by atoms with Gasteiger partial charge in [0.2, 0.25) is 5.91 Å². The fourth-order valence-corrected chi connectivity index (χ4v) is 3.51. The molecule has 1 aliphatic rings. The van der Waals surface area contributed by atoms with Crippen molar-refractivity contribution in [2.24, 2.45) is 0 Å². The molecule has 8 heteroatoms. The first-order valence-electron chi connectivity index (χ1n) is 6.64. The van der Waals surface area contributed by atoms with Crippen LogP contribution in [0.4, 0.5) is 13.2 Å². The van der Waals surface area contributed by atoms with E-state index in [1.807, 2.05) is 31.5 Å². The third kappa shape index (κ3) is 3.93. The summed E-state index contributed by atoms with van der Waals surface area (Å²) in [6.07, 6.45) is -0.481. The van der Waals surface area contributed by atoms with Gasteiger partial charge in [-0.2, -0.15) is 13.2 Å². The molecule has 0 spiro atoms. The molecule has 1 saturated heterocycles. The van der Waals surface area contributed by atoms with E-state index in [4.69, 9.17) is 0 Å². The molecule has 1 atom stereocenters. The Morgan fingerprint density at radius 1 is 1.38 bits per heavy atom. The van der Waals surface area contributed by atoms with Gasteiger partial charge in [0.25, 0.3) is 0 Å². The predicted molar refractivity (Wildman–Crippen MR) is 74.1 cm³/mol. The van der Waals surface area contributed by atoms with Crippen LogP contribution in [-0.4, -0.2) is 44.9 Å². The number of alkyl halides is 3. The molecule has 2 rings (SSSR count). The largest absolute Gasteiger partial charge is 0.406 e. The van der Waals surface area contributed by atoms with Crippen molar-refractivity contribution in [3.05, 3.63) is 12.4 Å². The van der Waals surface area contributed by atoms with E-state index in [1.165, 1.54) is 11.8 Å². The highest BCUT2D eigenvalue weighted by atomic mass is 32.2. The van der Waals surface area contributed by atoms with E-state index in [0.717, 1.165) is 4.90 Å². The molecule has 118 valence electrons. The lowest BCUT2D eigenvalue weighted by molar-refractivity contribution is -0.157. The maximum absolute atomic E-state index is 12.4.